The maximum Gasteiger partial charge on any atom is 0.209 e. The highest BCUT2D eigenvalue weighted by Crippen LogP contribution is 2.32. The number of sulfonamides is 1. The summed E-state index contributed by atoms with van der Waals surface area (Å²) >= 11 is 0. The zero-order valence-electron chi connectivity index (χ0n) is 19.4. The lowest BCUT2D eigenvalue weighted by Gasteiger charge is -2.07. The van der Waals surface area contributed by atoms with Gasteiger partial charge in [-0.05, 0) is 42.0 Å². The summed E-state index contributed by atoms with van der Waals surface area (Å²) < 4.78 is 39.8. The SMILES string of the molecule is CS(=O)(=O)NCc1cc(F)cc(-c2nccc3[nH]c(-c4n[nH]c5ncc(-c6cccnc6)cc45)nc23)c1. The Balaban J connectivity index is 1.44. The van der Waals surface area contributed by atoms with E-state index in [2.05, 4.69) is 34.9 Å². The summed E-state index contributed by atoms with van der Waals surface area (Å²) in [5.41, 5.74) is 5.59. The van der Waals surface area contributed by atoms with E-state index in [-0.39, 0.29) is 6.54 Å². The molecular formula is C25H19FN8O2S. The second kappa shape index (κ2) is 8.84. The molecule has 184 valence electrons. The van der Waals surface area contributed by atoms with Gasteiger partial charge in [0.15, 0.2) is 11.5 Å². The molecule has 0 saturated heterocycles. The van der Waals surface area contributed by atoms with Gasteiger partial charge in [-0.2, -0.15) is 5.10 Å². The number of hydrogen-bond acceptors (Lipinski definition) is 7. The average molecular weight is 515 g/mol. The normalized spacial score (nSPS) is 11.9. The third kappa shape index (κ3) is 4.55. The molecule has 6 aromatic rings. The van der Waals surface area contributed by atoms with Gasteiger partial charge in [0.1, 0.15) is 17.0 Å². The molecule has 0 saturated carbocycles. The van der Waals surface area contributed by atoms with Crippen LogP contribution in [-0.4, -0.2) is 49.8 Å². The Morgan fingerprint density at radius 1 is 0.973 bits per heavy atom. The number of aromatic nitrogens is 7. The molecule has 37 heavy (non-hydrogen) atoms. The van der Waals surface area contributed by atoms with Crippen molar-refractivity contribution < 1.29 is 12.8 Å². The van der Waals surface area contributed by atoms with Gasteiger partial charge in [-0.3, -0.25) is 15.1 Å². The summed E-state index contributed by atoms with van der Waals surface area (Å²) in [5, 5.41) is 8.14. The first-order valence-electron chi connectivity index (χ1n) is 11.2. The van der Waals surface area contributed by atoms with Gasteiger partial charge in [-0.15, -0.1) is 0 Å². The molecule has 0 unspecified atom stereocenters. The van der Waals surface area contributed by atoms with Crippen LogP contribution in [0.1, 0.15) is 5.56 Å². The molecule has 0 atom stereocenters. The van der Waals surface area contributed by atoms with Gasteiger partial charge in [-0.25, -0.2) is 27.5 Å². The number of nitrogens with one attached hydrogen (secondary N) is 3. The van der Waals surface area contributed by atoms with Crippen molar-refractivity contribution in [2.24, 2.45) is 0 Å². The maximum atomic E-state index is 14.5. The number of aromatic amines is 2. The van der Waals surface area contributed by atoms with E-state index < -0.39 is 15.8 Å². The van der Waals surface area contributed by atoms with E-state index in [4.69, 9.17) is 4.98 Å². The van der Waals surface area contributed by atoms with E-state index in [9.17, 15) is 12.8 Å². The van der Waals surface area contributed by atoms with Gasteiger partial charge in [0.25, 0.3) is 0 Å². The number of benzene rings is 1. The van der Waals surface area contributed by atoms with Gasteiger partial charge >= 0.3 is 0 Å². The van der Waals surface area contributed by atoms with Gasteiger partial charge in [0, 0.05) is 48.0 Å². The van der Waals surface area contributed by atoms with E-state index in [1.807, 2.05) is 18.2 Å². The van der Waals surface area contributed by atoms with Crippen molar-refractivity contribution in [1.29, 1.82) is 0 Å². The van der Waals surface area contributed by atoms with Crippen molar-refractivity contribution in [3.63, 3.8) is 0 Å². The summed E-state index contributed by atoms with van der Waals surface area (Å²) in [4.78, 5) is 21.1. The number of nitrogens with zero attached hydrogens (tertiary/aromatic N) is 5. The fourth-order valence-electron chi connectivity index (χ4n) is 4.14. The zero-order chi connectivity index (χ0) is 25.6. The van der Waals surface area contributed by atoms with Crippen LogP contribution < -0.4 is 4.72 Å². The number of rotatable bonds is 6. The Hall–Kier alpha value is -4.55. The molecule has 0 fully saturated rings. The summed E-state index contributed by atoms with van der Waals surface area (Å²) in [6, 6.07) is 11.9. The van der Waals surface area contributed by atoms with E-state index in [0.717, 1.165) is 22.8 Å². The largest absolute Gasteiger partial charge is 0.336 e. The van der Waals surface area contributed by atoms with E-state index in [0.29, 0.717) is 45.0 Å². The quantitative estimate of drug-likeness (QED) is 0.307. The number of fused-ring (bicyclic) bond motifs is 2. The molecule has 10 nitrogen and oxygen atoms in total. The first-order chi connectivity index (χ1) is 17.8. The van der Waals surface area contributed by atoms with Crippen LogP contribution in [0.3, 0.4) is 0 Å². The molecule has 0 aliphatic carbocycles. The number of halogens is 1. The molecule has 5 heterocycles. The molecule has 5 aromatic heterocycles. The number of hydrogen-bond donors (Lipinski definition) is 3. The summed E-state index contributed by atoms with van der Waals surface area (Å²) in [6.45, 7) is -0.0447. The van der Waals surface area contributed by atoms with Gasteiger partial charge < -0.3 is 4.98 Å². The van der Waals surface area contributed by atoms with Crippen molar-refractivity contribution in [1.82, 2.24) is 39.8 Å². The summed E-state index contributed by atoms with van der Waals surface area (Å²) in [6.07, 6.45) is 7.88. The van der Waals surface area contributed by atoms with Crippen LogP contribution in [0, 0.1) is 5.82 Å². The monoisotopic (exact) mass is 514 g/mol. The van der Waals surface area contributed by atoms with Gasteiger partial charge in [0.2, 0.25) is 10.0 Å². The summed E-state index contributed by atoms with van der Waals surface area (Å²) in [5.74, 6) is -0.0133. The number of H-pyrrole nitrogens is 2. The Labute approximate surface area is 210 Å². The Morgan fingerprint density at radius 2 is 1.86 bits per heavy atom. The molecule has 6 rings (SSSR count). The van der Waals surface area contributed by atoms with Crippen LogP contribution in [0.2, 0.25) is 0 Å². The molecule has 0 radical (unpaired) electrons. The Morgan fingerprint density at radius 3 is 2.68 bits per heavy atom. The predicted octanol–water partition coefficient (Wildman–Crippen LogP) is 3.81. The van der Waals surface area contributed by atoms with Crippen molar-refractivity contribution >= 4 is 32.1 Å². The minimum absolute atomic E-state index is 0.0447. The fourth-order valence-corrected chi connectivity index (χ4v) is 4.57. The van der Waals surface area contributed by atoms with E-state index in [1.54, 1.807) is 36.9 Å². The molecule has 0 bridgehead atoms. The standard InChI is InChI=1S/C25H19FN8O2S/c1-37(35,36)30-11-14-7-16(9-18(26)8-14)21-23-20(4-6-28-21)31-25(32-23)22-19-10-17(13-29-24(19)34-33-22)15-3-2-5-27-12-15/h2-10,12-13,30H,11H2,1H3,(H,31,32)(H,29,33,34). The average Bonchev–Trinajstić information content (AvgIpc) is 3.51. The molecular weight excluding hydrogens is 495 g/mol. The second-order valence-electron chi connectivity index (χ2n) is 8.52. The predicted molar refractivity (Wildman–Crippen MR) is 137 cm³/mol. The molecule has 0 spiro atoms. The smallest absolute Gasteiger partial charge is 0.209 e. The minimum Gasteiger partial charge on any atom is -0.336 e. The van der Waals surface area contributed by atoms with Crippen molar-refractivity contribution in [2.45, 2.75) is 6.54 Å². The molecule has 0 aliphatic heterocycles. The molecule has 3 N–H and O–H groups in total. The minimum atomic E-state index is -3.43. The maximum absolute atomic E-state index is 14.5. The highest BCUT2D eigenvalue weighted by atomic mass is 32.2. The second-order valence-corrected chi connectivity index (χ2v) is 10.3. The van der Waals surface area contributed by atoms with Crippen LogP contribution in [0.5, 0.6) is 0 Å². The van der Waals surface area contributed by atoms with Crippen LogP contribution >= 0.6 is 0 Å². The molecule has 0 amide bonds. The first kappa shape index (κ1) is 22.9. The van der Waals surface area contributed by atoms with Crippen molar-refractivity contribution in [3.8, 4) is 33.9 Å². The number of pyridine rings is 3. The van der Waals surface area contributed by atoms with E-state index in [1.165, 1.54) is 12.1 Å². The third-order valence-electron chi connectivity index (χ3n) is 5.81. The molecule has 1 aromatic carbocycles. The van der Waals surface area contributed by atoms with Crippen LogP contribution in [0.4, 0.5) is 4.39 Å². The lowest BCUT2D eigenvalue weighted by atomic mass is 10.1. The van der Waals surface area contributed by atoms with Gasteiger partial charge in [-0.1, -0.05) is 6.07 Å². The Kier molecular flexibility index (Phi) is 5.46. The first-order valence-corrected chi connectivity index (χ1v) is 13.1. The Bertz CT molecular complexity index is 1880. The lowest BCUT2D eigenvalue weighted by molar-refractivity contribution is 0.586. The van der Waals surface area contributed by atoms with Gasteiger partial charge in [0.05, 0.1) is 22.9 Å². The van der Waals surface area contributed by atoms with Crippen LogP contribution in [0.25, 0.3) is 56.0 Å². The lowest BCUT2D eigenvalue weighted by Crippen LogP contribution is -2.21. The van der Waals surface area contributed by atoms with E-state index >= 15 is 0 Å². The molecule has 0 aliphatic rings. The third-order valence-corrected chi connectivity index (χ3v) is 6.47. The number of imidazole rings is 1. The fraction of sp³-hybridized carbons (Fsp3) is 0.0800. The topological polar surface area (TPSA) is 142 Å². The zero-order valence-corrected chi connectivity index (χ0v) is 20.2. The van der Waals surface area contributed by atoms with Crippen LogP contribution in [0.15, 0.2) is 67.3 Å². The van der Waals surface area contributed by atoms with Crippen molar-refractivity contribution in [3.05, 3.63) is 78.6 Å². The van der Waals surface area contributed by atoms with Crippen LogP contribution in [-0.2, 0) is 16.6 Å². The summed E-state index contributed by atoms with van der Waals surface area (Å²) in [7, 11) is -3.43. The van der Waals surface area contributed by atoms with Crippen molar-refractivity contribution in [2.75, 3.05) is 6.26 Å². The molecule has 12 heteroatoms. The highest BCUT2D eigenvalue weighted by Gasteiger charge is 2.18. The highest BCUT2D eigenvalue weighted by molar-refractivity contribution is 7.88.